The standard InChI is InChI=1S/C15H18FNO2/c16-13-6-2-1-4-11(13)8-9-15(19)17-10-12-5-3-7-14(12)18/h1-2,4,6,8-9,12,14,18H,3,5,7,10H2,(H,17,19). The van der Waals surface area contributed by atoms with Crippen molar-refractivity contribution in [2.24, 2.45) is 5.92 Å². The van der Waals surface area contributed by atoms with Gasteiger partial charge in [0.2, 0.25) is 5.91 Å². The van der Waals surface area contributed by atoms with Gasteiger partial charge in [-0.25, -0.2) is 4.39 Å². The van der Waals surface area contributed by atoms with Gasteiger partial charge in [-0.3, -0.25) is 4.79 Å². The molecule has 0 aliphatic heterocycles. The molecular formula is C15H18FNO2. The fourth-order valence-electron chi connectivity index (χ4n) is 2.32. The molecule has 1 amide bonds. The lowest BCUT2D eigenvalue weighted by Crippen LogP contribution is -2.31. The number of benzene rings is 1. The number of halogens is 1. The Balaban J connectivity index is 1.83. The second-order valence-corrected chi connectivity index (χ2v) is 4.86. The number of amides is 1. The summed E-state index contributed by atoms with van der Waals surface area (Å²) in [6.45, 7) is 0.474. The summed E-state index contributed by atoms with van der Waals surface area (Å²) >= 11 is 0. The molecule has 2 atom stereocenters. The van der Waals surface area contributed by atoms with Crippen LogP contribution in [0, 0.1) is 11.7 Å². The molecule has 4 heteroatoms. The monoisotopic (exact) mass is 263 g/mol. The van der Waals surface area contributed by atoms with E-state index in [9.17, 15) is 14.3 Å². The van der Waals surface area contributed by atoms with Crippen molar-refractivity contribution in [1.82, 2.24) is 5.32 Å². The Morgan fingerprint density at radius 2 is 2.21 bits per heavy atom. The van der Waals surface area contributed by atoms with E-state index < -0.39 is 0 Å². The molecule has 19 heavy (non-hydrogen) atoms. The number of aliphatic hydroxyl groups excluding tert-OH is 1. The minimum atomic E-state index is -0.349. The molecule has 1 aliphatic rings. The summed E-state index contributed by atoms with van der Waals surface area (Å²) in [4.78, 5) is 11.6. The van der Waals surface area contributed by atoms with Crippen molar-refractivity contribution in [2.75, 3.05) is 6.54 Å². The average Bonchev–Trinajstić information content (AvgIpc) is 2.81. The number of rotatable bonds is 4. The van der Waals surface area contributed by atoms with E-state index in [0.29, 0.717) is 12.1 Å². The molecule has 1 aliphatic carbocycles. The topological polar surface area (TPSA) is 49.3 Å². The van der Waals surface area contributed by atoms with Gasteiger partial charge in [-0.1, -0.05) is 24.6 Å². The largest absolute Gasteiger partial charge is 0.393 e. The molecule has 1 fully saturated rings. The molecule has 0 radical (unpaired) electrons. The van der Waals surface area contributed by atoms with Gasteiger partial charge in [-0.05, 0) is 25.0 Å². The number of aliphatic hydroxyl groups is 1. The molecule has 2 rings (SSSR count). The highest BCUT2D eigenvalue weighted by Crippen LogP contribution is 2.24. The number of nitrogens with one attached hydrogen (secondary N) is 1. The summed E-state index contributed by atoms with van der Waals surface area (Å²) in [6.07, 6.45) is 5.22. The van der Waals surface area contributed by atoms with Gasteiger partial charge < -0.3 is 10.4 Å². The summed E-state index contributed by atoms with van der Waals surface area (Å²) in [5.41, 5.74) is 0.388. The highest BCUT2D eigenvalue weighted by atomic mass is 19.1. The van der Waals surface area contributed by atoms with Crippen LogP contribution in [0.25, 0.3) is 6.08 Å². The van der Waals surface area contributed by atoms with Crippen molar-refractivity contribution in [3.05, 3.63) is 41.7 Å². The summed E-state index contributed by atoms with van der Waals surface area (Å²) in [5, 5.41) is 12.4. The highest BCUT2D eigenvalue weighted by Gasteiger charge is 2.24. The Morgan fingerprint density at radius 3 is 2.89 bits per heavy atom. The first-order valence-corrected chi connectivity index (χ1v) is 6.55. The van der Waals surface area contributed by atoms with Crippen LogP contribution in [0.15, 0.2) is 30.3 Å². The van der Waals surface area contributed by atoms with Crippen LogP contribution in [0.3, 0.4) is 0 Å². The van der Waals surface area contributed by atoms with Crippen molar-refractivity contribution in [3.63, 3.8) is 0 Å². The van der Waals surface area contributed by atoms with Gasteiger partial charge in [-0.2, -0.15) is 0 Å². The Kier molecular flexibility index (Phi) is 4.68. The van der Waals surface area contributed by atoms with Crippen LogP contribution in [0.1, 0.15) is 24.8 Å². The van der Waals surface area contributed by atoms with Gasteiger partial charge in [0.25, 0.3) is 0 Å². The van der Waals surface area contributed by atoms with E-state index in [1.54, 1.807) is 18.2 Å². The van der Waals surface area contributed by atoms with E-state index in [1.807, 2.05) is 0 Å². The van der Waals surface area contributed by atoms with Crippen molar-refractivity contribution in [1.29, 1.82) is 0 Å². The molecule has 0 spiro atoms. The van der Waals surface area contributed by atoms with Gasteiger partial charge in [0.05, 0.1) is 6.10 Å². The lowest BCUT2D eigenvalue weighted by atomic mass is 10.1. The van der Waals surface area contributed by atoms with Crippen LogP contribution < -0.4 is 5.32 Å². The third-order valence-corrected chi connectivity index (χ3v) is 3.48. The second kappa shape index (κ2) is 6.48. The Morgan fingerprint density at radius 1 is 1.42 bits per heavy atom. The Hall–Kier alpha value is -1.68. The molecule has 1 saturated carbocycles. The maximum atomic E-state index is 13.3. The maximum Gasteiger partial charge on any atom is 0.244 e. The predicted octanol–water partition coefficient (Wildman–Crippen LogP) is 2.12. The minimum Gasteiger partial charge on any atom is -0.393 e. The summed E-state index contributed by atoms with van der Waals surface area (Å²) < 4.78 is 13.3. The first-order valence-electron chi connectivity index (χ1n) is 6.55. The van der Waals surface area contributed by atoms with Gasteiger partial charge in [0, 0.05) is 24.1 Å². The first-order chi connectivity index (χ1) is 9.16. The van der Waals surface area contributed by atoms with E-state index in [1.165, 1.54) is 18.2 Å². The molecule has 2 N–H and O–H groups in total. The minimum absolute atomic E-state index is 0.144. The van der Waals surface area contributed by atoms with Gasteiger partial charge >= 0.3 is 0 Å². The molecule has 0 saturated heterocycles. The van der Waals surface area contributed by atoms with Crippen molar-refractivity contribution >= 4 is 12.0 Å². The van der Waals surface area contributed by atoms with Gasteiger partial charge in [0.15, 0.2) is 0 Å². The third-order valence-electron chi connectivity index (χ3n) is 3.48. The van der Waals surface area contributed by atoms with E-state index in [2.05, 4.69) is 5.32 Å². The Bertz CT molecular complexity index is 473. The van der Waals surface area contributed by atoms with E-state index >= 15 is 0 Å². The fourth-order valence-corrected chi connectivity index (χ4v) is 2.32. The van der Waals surface area contributed by atoms with Gasteiger partial charge in [0.1, 0.15) is 5.82 Å². The van der Waals surface area contributed by atoms with Crippen molar-refractivity contribution < 1.29 is 14.3 Å². The van der Waals surface area contributed by atoms with Crippen molar-refractivity contribution in [3.8, 4) is 0 Å². The number of carbonyl (C=O) groups excluding carboxylic acids is 1. The zero-order valence-electron chi connectivity index (χ0n) is 10.7. The SMILES string of the molecule is O=C(C=Cc1ccccc1F)NCC1CCCC1O. The van der Waals surface area contributed by atoms with E-state index in [0.717, 1.165) is 19.3 Å². The zero-order valence-corrected chi connectivity index (χ0v) is 10.7. The van der Waals surface area contributed by atoms with Crippen LogP contribution in [-0.2, 0) is 4.79 Å². The van der Waals surface area contributed by atoms with Crippen LogP contribution in [0.5, 0.6) is 0 Å². The van der Waals surface area contributed by atoms with Crippen LogP contribution in [0.2, 0.25) is 0 Å². The normalized spacial score (nSPS) is 22.8. The molecule has 0 heterocycles. The fraction of sp³-hybridized carbons (Fsp3) is 0.400. The molecular weight excluding hydrogens is 245 g/mol. The molecule has 1 aromatic rings. The molecule has 0 bridgehead atoms. The summed E-state index contributed by atoms with van der Waals surface area (Å²) in [5.74, 6) is -0.467. The quantitative estimate of drug-likeness (QED) is 0.817. The summed E-state index contributed by atoms with van der Waals surface area (Å²) in [7, 11) is 0. The molecule has 2 unspecified atom stereocenters. The van der Waals surface area contributed by atoms with Crippen LogP contribution >= 0.6 is 0 Å². The molecule has 0 aromatic heterocycles. The maximum absolute atomic E-state index is 13.3. The lowest BCUT2D eigenvalue weighted by molar-refractivity contribution is -0.116. The lowest BCUT2D eigenvalue weighted by Gasteiger charge is -2.13. The number of carbonyl (C=O) groups is 1. The van der Waals surface area contributed by atoms with E-state index in [4.69, 9.17) is 0 Å². The van der Waals surface area contributed by atoms with Crippen molar-refractivity contribution in [2.45, 2.75) is 25.4 Å². The smallest absolute Gasteiger partial charge is 0.244 e. The van der Waals surface area contributed by atoms with Crippen LogP contribution in [0.4, 0.5) is 4.39 Å². The highest BCUT2D eigenvalue weighted by molar-refractivity contribution is 5.91. The van der Waals surface area contributed by atoms with Gasteiger partial charge in [-0.15, -0.1) is 0 Å². The van der Waals surface area contributed by atoms with Crippen LogP contribution in [-0.4, -0.2) is 23.7 Å². The van der Waals surface area contributed by atoms with E-state index in [-0.39, 0.29) is 23.7 Å². The molecule has 3 nitrogen and oxygen atoms in total. The molecule has 102 valence electrons. The Labute approximate surface area is 112 Å². The average molecular weight is 263 g/mol. The second-order valence-electron chi connectivity index (χ2n) is 4.86. The zero-order chi connectivity index (χ0) is 13.7. The summed E-state index contributed by atoms with van der Waals surface area (Å²) in [6, 6.07) is 6.29. The molecule has 1 aromatic carbocycles. The predicted molar refractivity (Wildman–Crippen MR) is 71.8 cm³/mol. The third kappa shape index (κ3) is 3.89. The number of hydrogen-bond acceptors (Lipinski definition) is 2. The number of hydrogen-bond donors (Lipinski definition) is 2. The first kappa shape index (κ1) is 13.7.